The summed E-state index contributed by atoms with van der Waals surface area (Å²) >= 11 is 0. The lowest BCUT2D eigenvalue weighted by atomic mass is 10.1. The van der Waals surface area contributed by atoms with Crippen molar-refractivity contribution in [2.24, 2.45) is 0 Å². The van der Waals surface area contributed by atoms with E-state index in [9.17, 15) is 4.79 Å². The molecule has 15 heavy (non-hydrogen) atoms. The van der Waals surface area contributed by atoms with Crippen molar-refractivity contribution in [1.82, 2.24) is 15.2 Å². The molecule has 0 amide bonds. The maximum absolute atomic E-state index is 11.4. The monoisotopic (exact) mass is 197 g/mol. The third-order valence-electron chi connectivity index (χ3n) is 2.38. The van der Waals surface area contributed by atoms with Gasteiger partial charge in [-0.15, -0.1) is 0 Å². The minimum Gasteiger partial charge on any atom is -0.265 e. The largest absolute Gasteiger partial charge is 0.292 e. The lowest BCUT2D eigenvalue weighted by Gasteiger charge is -1.92. The summed E-state index contributed by atoms with van der Waals surface area (Å²) in [4.78, 5) is 15.5. The Kier molecular flexibility index (Phi) is 1.56. The summed E-state index contributed by atoms with van der Waals surface area (Å²) in [6, 6.07) is 9.63. The Balaban J connectivity index is 2.58. The zero-order valence-electron chi connectivity index (χ0n) is 7.77. The Morgan fingerprint density at radius 2 is 1.93 bits per heavy atom. The first-order valence-electron chi connectivity index (χ1n) is 4.58. The van der Waals surface area contributed by atoms with Crippen molar-refractivity contribution in [3.63, 3.8) is 0 Å². The molecule has 1 N–H and O–H groups in total. The van der Waals surface area contributed by atoms with Crippen LogP contribution in [0, 0.1) is 0 Å². The molecular formula is C11H7N3O. The molecule has 4 nitrogen and oxygen atoms in total. The molecule has 0 unspecified atom stereocenters. The lowest BCUT2D eigenvalue weighted by Crippen LogP contribution is -2.00. The van der Waals surface area contributed by atoms with Gasteiger partial charge in [0.2, 0.25) is 0 Å². The zero-order valence-corrected chi connectivity index (χ0v) is 7.77. The molecule has 72 valence electrons. The number of benzene rings is 1. The predicted octanol–water partition coefficient (Wildman–Crippen LogP) is 1.42. The molecule has 0 aromatic heterocycles. The molecule has 0 atom stereocenters. The fourth-order valence-corrected chi connectivity index (χ4v) is 1.68. The van der Waals surface area contributed by atoms with E-state index in [4.69, 9.17) is 0 Å². The fraction of sp³-hybridized carbons (Fsp3) is 0. The van der Waals surface area contributed by atoms with E-state index in [1.54, 1.807) is 6.20 Å². The van der Waals surface area contributed by atoms with Crippen molar-refractivity contribution in [3.05, 3.63) is 46.9 Å². The van der Waals surface area contributed by atoms with Crippen molar-refractivity contribution in [3.8, 4) is 11.4 Å². The highest BCUT2D eigenvalue weighted by Crippen LogP contribution is 2.22. The molecule has 0 aliphatic carbocycles. The van der Waals surface area contributed by atoms with Gasteiger partial charge in [-0.2, -0.15) is 5.10 Å². The van der Waals surface area contributed by atoms with Crippen LogP contribution in [-0.4, -0.2) is 15.2 Å². The molecule has 2 aliphatic heterocycles. The first-order chi connectivity index (χ1) is 7.36. The molecule has 3 rings (SSSR count). The van der Waals surface area contributed by atoms with Crippen molar-refractivity contribution < 1.29 is 0 Å². The van der Waals surface area contributed by atoms with Gasteiger partial charge >= 0.3 is 0 Å². The molecule has 4 heteroatoms. The molecule has 2 heterocycles. The second-order valence-corrected chi connectivity index (χ2v) is 3.28. The van der Waals surface area contributed by atoms with E-state index in [0.29, 0.717) is 11.4 Å². The van der Waals surface area contributed by atoms with Gasteiger partial charge in [-0.05, 0) is 11.5 Å². The number of nitrogens with zero attached hydrogens (tertiary/aromatic N) is 2. The smallest absolute Gasteiger partial charge is 0.265 e. The second-order valence-electron chi connectivity index (χ2n) is 3.28. The quantitative estimate of drug-likeness (QED) is 0.593. The van der Waals surface area contributed by atoms with Crippen molar-refractivity contribution >= 4 is 10.8 Å². The number of hydrogen-bond acceptors (Lipinski definition) is 3. The van der Waals surface area contributed by atoms with Crippen LogP contribution in [0.25, 0.3) is 22.2 Å². The van der Waals surface area contributed by atoms with E-state index >= 15 is 0 Å². The van der Waals surface area contributed by atoms with Gasteiger partial charge in [0.25, 0.3) is 5.56 Å². The van der Waals surface area contributed by atoms with Gasteiger partial charge in [0, 0.05) is 11.6 Å². The Bertz CT molecular complexity index is 659. The van der Waals surface area contributed by atoms with E-state index in [1.165, 1.54) is 0 Å². The van der Waals surface area contributed by atoms with Crippen LogP contribution in [0.2, 0.25) is 0 Å². The number of aromatic amines is 1. The summed E-state index contributed by atoms with van der Waals surface area (Å²) in [5.74, 6) is 0. The molecule has 0 radical (unpaired) electrons. The van der Waals surface area contributed by atoms with Crippen LogP contribution < -0.4 is 5.56 Å². The van der Waals surface area contributed by atoms with Crippen LogP contribution in [-0.2, 0) is 0 Å². The minimum atomic E-state index is -0.244. The van der Waals surface area contributed by atoms with Crippen molar-refractivity contribution in [2.75, 3.05) is 0 Å². The summed E-state index contributed by atoms with van der Waals surface area (Å²) < 4.78 is 0. The van der Waals surface area contributed by atoms with E-state index in [1.807, 2.05) is 30.3 Å². The highest BCUT2D eigenvalue weighted by Gasteiger charge is 2.12. The Morgan fingerprint density at radius 3 is 2.87 bits per heavy atom. The molecule has 0 bridgehead atoms. The number of nitrogens with one attached hydrogen (secondary N) is 1. The molecule has 1 aromatic carbocycles. The Labute approximate surface area is 84.9 Å². The molecule has 2 aliphatic rings. The van der Waals surface area contributed by atoms with E-state index in [2.05, 4.69) is 15.2 Å². The van der Waals surface area contributed by atoms with Gasteiger partial charge in [0.15, 0.2) is 5.69 Å². The highest BCUT2D eigenvalue weighted by molar-refractivity contribution is 5.93. The Morgan fingerprint density at radius 1 is 1.07 bits per heavy atom. The van der Waals surface area contributed by atoms with Gasteiger partial charge in [0.05, 0.1) is 0 Å². The predicted molar refractivity (Wildman–Crippen MR) is 56.8 cm³/mol. The van der Waals surface area contributed by atoms with Gasteiger partial charge in [-0.25, -0.2) is 10.1 Å². The number of hydrogen-bond donors (Lipinski definition) is 1. The molecule has 0 saturated heterocycles. The first-order valence-corrected chi connectivity index (χ1v) is 4.58. The van der Waals surface area contributed by atoms with Crippen LogP contribution in [0.4, 0.5) is 0 Å². The van der Waals surface area contributed by atoms with E-state index < -0.39 is 0 Å². The van der Waals surface area contributed by atoms with Crippen molar-refractivity contribution in [1.29, 1.82) is 0 Å². The lowest BCUT2D eigenvalue weighted by molar-refractivity contribution is 1.07. The first kappa shape index (κ1) is 8.11. The molecular weight excluding hydrogens is 190 g/mol. The number of fused-ring (bicyclic) bond motifs is 3. The normalized spacial score (nSPS) is 10.9. The van der Waals surface area contributed by atoms with Crippen molar-refractivity contribution in [2.45, 2.75) is 0 Å². The third-order valence-corrected chi connectivity index (χ3v) is 2.38. The van der Waals surface area contributed by atoms with Gasteiger partial charge < -0.3 is 0 Å². The zero-order chi connectivity index (χ0) is 10.3. The molecule has 0 saturated carbocycles. The van der Waals surface area contributed by atoms with Gasteiger partial charge in [0.1, 0.15) is 5.69 Å². The summed E-state index contributed by atoms with van der Waals surface area (Å²) in [5, 5.41) is 8.35. The average Bonchev–Trinajstić information content (AvgIpc) is 2.53. The standard InChI is InChI=1S/C11H7N3O/c15-11-10-9(13-14-11)8-4-2-1-3-7(8)5-6-12-10/h1-6H,(H,14,15). The molecule has 1 aromatic rings. The maximum atomic E-state index is 11.4. The van der Waals surface area contributed by atoms with Crippen LogP contribution >= 0.6 is 0 Å². The Hall–Kier alpha value is -2.23. The maximum Gasteiger partial charge on any atom is 0.292 e. The molecule has 0 fully saturated rings. The third kappa shape index (κ3) is 1.11. The molecule has 0 spiro atoms. The highest BCUT2D eigenvalue weighted by atomic mass is 16.1. The van der Waals surface area contributed by atoms with Gasteiger partial charge in [-0.3, -0.25) is 4.79 Å². The second kappa shape index (κ2) is 2.88. The number of aromatic nitrogens is 3. The van der Waals surface area contributed by atoms with Crippen LogP contribution in [0.5, 0.6) is 0 Å². The topological polar surface area (TPSA) is 58.6 Å². The number of H-pyrrole nitrogens is 1. The van der Waals surface area contributed by atoms with Crippen LogP contribution in [0.3, 0.4) is 0 Å². The van der Waals surface area contributed by atoms with Crippen LogP contribution in [0.1, 0.15) is 0 Å². The SMILES string of the molecule is O=c1[nH]nc2c3ccccc3ccnc1-2. The summed E-state index contributed by atoms with van der Waals surface area (Å²) in [5.41, 5.74) is 0.767. The minimum absolute atomic E-state index is 0.244. The van der Waals surface area contributed by atoms with E-state index in [-0.39, 0.29) is 5.56 Å². The summed E-state index contributed by atoms with van der Waals surface area (Å²) in [6.45, 7) is 0. The fourth-order valence-electron chi connectivity index (χ4n) is 1.68. The summed E-state index contributed by atoms with van der Waals surface area (Å²) in [7, 11) is 0. The van der Waals surface area contributed by atoms with Crippen LogP contribution in [0.15, 0.2) is 41.3 Å². The summed E-state index contributed by atoms with van der Waals surface area (Å²) in [6.07, 6.45) is 1.63. The number of rotatable bonds is 0. The average molecular weight is 197 g/mol. The van der Waals surface area contributed by atoms with Gasteiger partial charge in [-0.1, -0.05) is 24.3 Å². The van der Waals surface area contributed by atoms with E-state index in [0.717, 1.165) is 10.8 Å².